The third-order valence-corrected chi connectivity index (χ3v) is 5.57. The first kappa shape index (κ1) is 22.6. The molecule has 0 saturated carbocycles. The molecule has 3 heteroatoms. The van der Waals surface area contributed by atoms with Gasteiger partial charge in [0.2, 0.25) is 0 Å². The summed E-state index contributed by atoms with van der Waals surface area (Å²) in [5.74, 6) is 0. The van der Waals surface area contributed by atoms with Gasteiger partial charge in [0.05, 0.1) is 19.8 Å². The van der Waals surface area contributed by atoms with Crippen LogP contribution in [0.3, 0.4) is 0 Å². The lowest BCUT2D eigenvalue weighted by atomic mass is 9.89. The monoisotopic (exact) mass is 383 g/mol. The standard InChI is InChI=1S/C25H37NO2/c1-7-26(8-2)15-16-27-17-18-28-25(23-19(3)11-9-12-20(23)4)24-21(5)13-10-14-22(24)6/h9-14,25H,7-8,15-18H2,1-6H3. The SMILES string of the molecule is CCN(CC)CCOCCOC(c1c(C)cccc1C)c1c(C)cccc1C. The van der Waals surface area contributed by atoms with Crippen molar-refractivity contribution in [2.75, 3.05) is 39.5 Å². The molecule has 2 aromatic rings. The van der Waals surface area contributed by atoms with Gasteiger partial charge in [0, 0.05) is 6.54 Å². The second-order valence-electron chi connectivity index (χ2n) is 7.50. The van der Waals surface area contributed by atoms with Crippen molar-refractivity contribution >= 4 is 0 Å². The van der Waals surface area contributed by atoms with Gasteiger partial charge >= 0.3 is 0 Å². The highest BCUT2D eigenvalue weighted by atomic mass is 16.5. The molecule has 0 bridgehead atoms. The zero-order valence-corrected chi connectivity index (χ0v) is 18.5. The molecule has 0 N–H and O–H groups in total. The van der Waals surface area contributed by atoms with Crippen molar-refractivity contribution in [3.8, 4) is 0 Å². The summed E-state index contributed by atoms with van der Waals surface area (Å²) in [6.07, 6.45) is -0.0613. The van der Waals surface area contributed by atoms with Crippen molar-refractivity contribution in [3.63, 3.8) is 0 Å². The van der Waals surface area contributed by atoms with Gasteiger partial charge in [0.1, 0.15) is 6.10 Å². The minimum absolute atomic E-state index is 0.0613. The Kier molecular flexibility index (Phi) is 9.17. The lowest BCUT2D eigenvalue weighted by Gasteiger charge is -2.26. The minimum atomic E-state index is -0.0613. The molecule has 0 aliphatic heterocycles. The van der Waals surface area contributed by atoms with Crippen LogP contribution in [0, 0.1) is 27.7 Å². The van der Waals surface area contributed by atoms with E-state index in [1.54, 1.807) is 0 Å². The molecule has 0 atom stereocenters. The van der Waals surface area contributed by atoms with Crippen LogP contribution in [0.4, 0.5) is 0 Å². The summed E-state index contributed by atoms with van der Waals surface area (Å²) >= 11 is 0. The zero-order chi connectivity index (χ0) is 20.5. The molecule has 0 aliphatic carbocycles. The molecule has 0 aliphatic rings. The molecule has 0 fully saturated rings. The molecule has 154 valence electrons. The Bertz CT molecular complexity index is 645. The van der Waals surface area contributed by atoms with Crippen LogP contribution in [0.15, 0.2) is 36.4 Å². The fourth-order valence-electron chi connectivity index (χ4n) is 3.85. The van der Waals surface area contributed by atoms with E-state index in [1.165, 1.54) is 33.4 Å². The molecule has 0 unspecified atom stereocenters. The fraction of sp³-hybridized carbons (Fsp3) is 0.520. The topological polar surface area (TPSA) is 21.7 Å². The summed E-state index contributed by atoms with van der Waals surface area (Å²) in [7, 11) is 0. The van der Waals surface area contributed by atoms with E-state index in [9.17, 15) is 0 Å². The lowest BCUT2D eigenvalue weighted by molar-refractivity contribution is 0.0140. The van der Waals surface area contributed by atoms with Crippen LogP contribution in [-0.4, -0.2) is 44.4 Å². The van der Waals surface area contributed by atoms with Crippen LogP contribution in [0.1, 0.15) is 53.3 Å². The Labute approximate surface area is 171 Å². The summed E-state index contributed by atoms with van der Waals surface area (Å²) in [6.45, 7) is 18.1. The number of benzene rings is 2. The number of aryl methyl sites for hydroxylation is 4. The highest BCUT2D eigenvalue weighted by molar-refractivity contribution is 5.46. The average Bonchev–Trinajstić information content (AvgIpc) is 2.66. The van der Waals surface area contributed by atoms with Crippen molar-refractivity contribution in [1.29, 1.82) is 0 Å². The molecule has 0 saturated heterocycles. The second-order valence-corrected chi connectivity index (χ2v) is 7.50. The molecule has 0 amide bonds. The van der Waals surface area contributed by atoms with Gasteiger partial charge in [-0.05, 0) is 74.2 Å². The molecular formula is C25H37NO2. The van der Waals surface area contributed by atoms with Crippen LogP contribution in [-0.2, 0) is 9.47 Å². The van der Waals surface area contributed by atoms with E-state index < -0.39 is 0 Å². The van der Waals surface area contributed by atoms with E-state index in [2.05, 4.69) is 82.8 Å². The van der Waals surface area contributed by atoms with E-state index in [-0.39, 0.29) is 6.10 Å². The van der Waals surface area contributed by atoms with Crippen LogP contribution >= 0.6 is 0 Å². The molecule has 28 heavy (non-hydrogen) atoms. The predicted octanol–water partition coefficient (Wildman–Crippen LogP) is 5.38. The van der Waals surface area contributed by atoms with Crippen molar-refractivity contribution in [1.82, 2.24) is 4.90 Å². The Morgan fingerprint density at radius 2 is 1.18 bits per heavy atom. The molecule has 0 heterocycles. The normalized spacial score (nSPS) is 11.6. The molecular weight excluding hydrogens is 346 g/mol. The summed E-state index contributed by atoms with van der Waals surface area (Å²) in [4.78, 5) is 2.37. The van der Waals surface area contributed by atoms with Crippen LogP contribution in [0.25, 0.3) is 0 Å². The first-order chi connectivity index (χ1) is 13.5. The maximum absolute atomic E-state index is 6.46. The van der Waals surface area contributed by atoms with Crippen molar-refractivity contribution < 1.29 is 9.47 Å². The number of hydrogen-bond acceptors (Lipinski definition) is 3. The van der Waals surface area contributed by atoms with Gasteiger partial charge < -0.3 is 14.4 Å². The van der Waals surface area contributed by atoms with Gasteiger partial charge in [-0.1, -0.05) is 50.2 Å². The molecule has 0 radical (unpaired) electrons. The number of rotatable bonds is 11. The molecule has 0 spiro atoms. The highest BCUT2D eigenvalue weighted by Crippen LogP contribution is 2.34. The van der Waals surface area contributed by atoms with Gasteiger partial charge in [-0.3, -0.25) is 0 Å². The molecule has 3 nitrogen and oxygen atoms in total. The number of likely N-dealkylation sites (N-methyl/N-ethyl adjacent to an activating group) is 1. The molecule has 2 aromatic carbocycles. The van der Waals surface area contributed by atoms with Crippen LogP contribution < -0.4 is 0 Å². The largest absolute Gasteiger partial charge is 0.378 e. The number of nitrogens with zero attached hydrogens (tertiary/aromatic N) is 1. The van der Waals surface area contributed by atoms with Gasteiger partial charge in [0.15, 0.2) is 0 Å². The van der Waals surface area contributed by atoms with E-state index in [1.807, 2.05) is 0 Å². The van der Waals surface area contributed by atoms with Crippen molar-refractivity contribution in [3.05, 3.63) is 69.8 Å². The van der Waals surface area contributed by atoms with Crippen molar-refractivity contribution in [2.45, 2.75) is 47.6 Å². The Morgan fingerprint density at radius 1 is 0.714 bits per heavy atom. The number of hydrogen-bond donors (Lipinski definition) is 0. The summed E-state index contributed by atoms with van der Waals surface area (Å²) < 4.78 is 12.3. The van der Waals surface area contributed by atoms with Crippen molar-refractivity contribution in [2.24, 2.45) is 0 Å². The van der Waals surface area contributed by atoms with E-state index in [4.69, 9.17) is 9.47 Å². The van der Waals surface area contributed by atoms with Gasteiger partial charge in [-0.25, -0.2) is 0 Å². The fourth-order valence-corrected chi connectivity index (χ4v) is 3.85. The first-order valence-electron chi connectivity index (χ1n) is 10.5. The van der Waals surface area contributed by atoms with Gasteiger partial charge in [-0.2, -0.15) is 0 Å². The van der Waals surface area contributed by atoms with Gasteiger partial charge in [-0.15, -0.1) is 0 Å². The third-order valence-electron chi connectivity index (χ3n) is 5.57. The first-order valence-corrected chi connectivity index (χ1v) is 10.5. The molecule has 2 rings (SSSR count). The smallest absolute Gasteiger partial charge is 0.109 e. The maximum atomic E-state index is 6.46. The second kappa shape index (κ2) is 11.4. The summed E-state index contributed by atoms with van der Waals surface area (Å²) in [5, 5.41) is 0. The van der Waals surface area contributed by atoms with E-state index >= 15 is 0 Å². The summed E-state index contributed by atoms with van der Waals surface area (Å²) in [5.41, 5.74) is 7.65. The van der Waals surface area contributed by atoms with Crippen LogP contribution in [0.2, 0.25) is 0 Å². The maximum Gasteiger partial charge on any atom is 0.109 e. The lowest BCUT2D eigenvalue weighted by Crippen LogP contribution is -2.27. The highest BCUT2D eigenvalue weighted by Gasteiger charge is 2.22. The number of ether oxygens (including phenoxy) is 2. The Hall–Kier alpha value is -1.68. The average molecular weight is 384 g/mol. The van der Waals surface area contributed by atoms with E-state index in [0.717, 1.165) is 26.2 Å². The molecule has 0 aromatic heterocycles. The summed E-state index contributed by atoms with van der Waals surface area (Å²) in [6, 6.07) is 12.9. The predicted molar refractivity (Wildman–Crippen MR) is 118 cm³/mol. The third kappa shape index (κ3) is 5.91. The quantitative estimate of drug-likeness (QED) is 0.486. The Balaban J connectivity index is 2.11. The van der Waals surface area contributed by atoms with Crippen LogP contribution in [0.5, 0.6) is 0 Å². The minimum Gasteiger partial charge on any atom is -0.378 e. The Morgan fingerprint density at radius 3 is 1.61 bits per heavy atom. The zero-order valence-electron chi connectivity index (χ0n) is 18.5. The van der Waals surface area contributed by atoms with Gasteiger partial charge in [0.25, 0.3) is 0 Å². The van der Waals surface area contributed by atoms with E-state index in [0.29, 0.717) is 13.2 Å².